The largest absolute Gasteiger partial charge is 0.373 e. The molecule has 6 heteroatoms. The third-order valence-corrected chi connectivity index (χ3v) is 4.30. The van der Waals surface area contributed by atoms with E-state index in [0.717, 1.165) is 26.1 Å². The van der Waals surface area contributed by atoms with Gasteiger partial charge in [0.2, 0.25) is 0 Å². The summed E-state index contributed by atoms with van der Waals surface area (Å²) in [6.45, 7) is 5.32. The van der Waals surface area contributed by atoms with Gasteiger partial charge >= 0.3 is 0 Å². The van der Waals surface area contributed by atoms with Crippen LogP contribution in [0.25, 0.3) is 0 Å². The Hall–Kier alpha value is -2.18. The molecular weight excluding hydrogens is 306 g/mol. The van der Waals surface area contributed by atoms with Gasteiger partial charge in [-0.1, -0.05) is 42.4 Å². The van der Waals surface area contributed by atoms with Gasteiger partial charge in [-0.05, 0) is 12.0 Å². The van der Waals surface area contributed by atoms with Crippen LogP contribution in [0.2, 0.25) is 0 Å². The zero-order valence-corrected chi connectivity index (χ0v) is 13.9. The Kier molecular flexibility index (Phi) is 5.61. The van der Waals surface area contributed by atoms with Gasteiger partial charge in [0.25, 0.3) is 5.91 Å². The van der Waals surface area contributed by atoms with Gasteiger partial charge < -0.3 is 14.6 Å². The molecule has 0 aliphatic carbocycles. The SMILES string of the molecule is CC[C@@H](NC(=O)c1ccon1)[C@@H]1CN(Cc2ccccc2)CCO1. The third kappa shape index (κ3) is 4.21. The fraction of sp³-hybridized carbons (Fsp3) is 0.444. The first kappa shape index (κ1) is 16.7. The van der Waals surface area contributed by atoms with Gasteiger partial charge in [0.05, 0.1) is 18.8 Å². The molecule has 128 valence electrons. The van der Waals surface area contributed by atoms with E-state index in [1.165, 1.54) is 11.8 Å². The van der Waals surface area contributed by atoms with E-state index >= 15 is 0 Å². The Labute approximate surface area is 141 Å². The molecule has 2 aromatic rings. The normalized spacial score (nSPS) is 19.8. The lowest BCUT2D eigenvalue weighted by molar-refractivity contribution is -0.0483. The summed E-state index contributed by atoms with van der Waals surface area (Å²) in [6.07, 6.45) is 2.17. The van der Waals surface area contributed by atoms with Crippen molar-refractivity contribution in [2.45, 2.75) is 32.0 Å². The molecule has 1 fully saturated rings. The minimum atomic E-state index is -0.223. The molecule has 1 aliphatic rings. The molecule has 0 bridgehead atoms. The molecule has 3 rings (SSSR count). The van der Waals surface area contributed by atoms with Gasteiger partial charge in [-0.25, -0.2) is 0 Å². The lowest BCUT2D eigenvalue weighted by Crippen LogP contribution is -2.53. The van der Waals surface area contributed by atoms with E-state index in [9.17, 15) is 4.79 Å². The first-order valence-corrected chi connectivity index (χ1v) is 8.35. The van der Waals surface area contributed by atoms with Crippen molar-refractivity contribution in [3.05, 3.63) is 53.9 Å². The number of nitrogens with one attached hydrogen (secondary N) is 1. The highest BCUT2D eigenvalue weighted by atomic mass is 16.5. The maximum absolute atomic E-state index is 12.2. The summed E-state index contributed by atoms with van der Waals surface area (Å²) in [4.78, 5) is 14.6. The highest BCUT2D eigenvalue weighted by Crippen LogP contribution is 2.15. The molecule has 2 heterocycles. The summed E-state index contributed by atoms with van der Waals surface area (Å²) in [5.74, 6) is -0.223. The molecule has 6 nitrogen and oxygen atoms in total. The lowest BCUT2D eigenvalue weighted by Gasteiger charge is -2.37. The van der Waals surface area contributed by atoms with E-state index < -0.39 is 0 Å². The zero-order valence-electron chi connectivity index (χ0n) is 13.9. The van der Waals surface area contributed by atoms with Gasteiger partial charge in [0, 0.05) is 25.7 Å². The van der Waals surface area contributed by atoms with Gasteiger partial charge in [0.1, 0.15) is 6.26 Å². The molecule has 0 radical (unpaired) electrons. The van der Waals surface area contributed by atoms with Crippen molar-refractivity contribution >= 4 is 5.91 Å². The molecule has 1 aliphatic heterocycles. The molecule has 1 saturated heterocycles. The van der Waals surface area contributed by atoms with Gasteiger partial charge in [-0.3, -0.25) is 9.69 Å². The van der Waals surface area contributed by atoms with Crippen molar-refractivity contribution in [1.29, 1.82) is 0 Å². The molecule has 0 spiro atoms. The maximum atomic E-state index is 12.2. The minimum absolute atomic E-state index is 0.0247. The van der Waals surface area contributed by atoms with Crippen molar-refractivity contribution in [3.8, 4) is 0 Å². The summed E-state index contributed by atoms with van der Waals surface area (Å²) >= 11 is 0. The Balaban J connectivity index is 1.58. The van der Waals surface area contributed by atoms with E-state index in [4.69, 9.17) is 9.26 Å². The summed E-state index contributed by atoms with van der Waals surface area (Å²) in [5, 5.41) is 6.69. The second kappa shape index (κ2) is 8.08. The summed E-state index contributed by atoms with van der Waals surface area (Å²) in [5.41, 5.74) is 1.59. The van der Waals surface area contributed by atoms with Crippen molar-refractivity contribution in [1.82, 2.24) is 15.4 Å². The van der Waals surface area contributed by atoms with E-state index in [0.29, 0.717) is 12.3 Å². The van der Waals surface area contributed by atoms with Crippen LogP contribution in [0.5, 0.6) is 0 Å². The second-order valence-corrected chi connectivity index (χ2v) is 6.00. The number of ether oxygens (including phenoxy) is 1. The van der Waals surface area contributed by atoms with Gasteiger partial charge in [-0.2, -0.15) is 0 Å². The van der Waals surface area contributed by atoms with Crippen LogP contribution in [-0.4, -0.2) is 47.8 Å². The second-order valence-electron chi connectivity index (χ2n) is 6.00. The Bertz CT molecular complexity index is 630. The number of morpholine rings is 1. The van der Waals surface area contributed by atoms with Crippen LogP contribution < -0.4 is 5.32 Å². The van der Waals surface area contributed by atoms with E-state index in [1.807, 2.05) is 13.0 Å². The van der Waals surface area contributed by atoms with Gasteiger partial charge in [0.15, 0.2) is 5.69 Å². The van der Waals surface area contributed by atoms with Gasteiger partial charge in [-0.15, -0.1) is 0 Å². The summed E-state index contributed by atoms with van der Waals surface area (Å²) in [7, 11) is 0. The molecule has 2 atom stereocenters. The van der Waals surface area contributed by atoms with Crippen LogP contribution in [-0.2, 0) is 11.3 Å². The summed E-state index contributed by atoms with van der Waals surface area (Å²) in [6, 6.07) is 11.9. The molecule has 1 N–H and O–H groups in total. The fourth-order valence-corrected chi connectivity index (χ4v) is 2.99. The Morgan fingerprint density at radius 3 is 2.92 bits per heavy atom. The Morgan fingerprint density at radius 1 is 1.38 bits per heavy atom. The van der Waals surface area contributed by atoms with Crippen LogP contribution in [0.3, 0.4) is 0 Å². The standard InChI is InChI=1S/C18H23N3O3/c1-2-15(19-18(22)16-8-10-24-20-16)17-13-21(9-11-23-17)12-14-6-4-3-5-7-14/h3-8,10,15,17H,2,9,11-13H2,1H3,(H,19,22)/t15-,17+/m1/s1. The minimum Gasteiger partial charge on any atom is -0.373 e. The number of carbonyl (C=O) groups excluding carboxylic acids is 1. The van der Waals surface area contributed by atoms with Crippen LogP contribution >= 0.6 is 0 Å². The van der Waals surface area contributed by atoms with Crippen LogP contribution in [0.4, 0.5) is 0 Å². The quantitative estimate of drug-likeness (QED) is 0.879. The van der Waals surface area contributed by atoms with E-state index in [1.54, 1.807) is 6.07 Å². The smallest absolute Gasteiger partial charge is 0.273 e. The lowest BCUT2D eigenvalue weighted by atomic mass is 10.1. The van der Waals surface area contributed by atoms with Crippen molar-refractivity contribution in [3.63, 3.8) is 0 Å². The first-order valence-electron chi connectivity index (χ1n) is 8.35. The van der Waals surface area contributed by atoms with Crippen molar-refractivity contribution in [2.75, 3.05) is 19.7 Å². The molecule has 0 unspecified atom stereocenters. The highest BCUT2D eigenvalue weighted by molar-refractivity contribution is 5.92. The predicted molar refractivity (Wildman–Crippen MR) is 89.5 cm³/mol. The fourth-order valence-electron chi connectivity index (χ4n) is 2.99. The number of benzene rings is 1. The van der Waals surface area contributed by atoms with Crippen LogP contribution in [0.1, 0.15) is 29.4 Å². The molecule has 1 amide bonds. The van der Waals surface area contributed by atoms with Crippen LogP contribution in [0.15, 0.2) is 47.2 Å². The molecular formula is C18H23N3O3. The number of rotatable bonds is 6. The Morgan fingerprint density at radius 2 is 2.21 bits per heavy atom. The maximum Gasteiger partial charge on any atom is 0.273 e. The highest BCUT2D eigenvalue weighted by Gasteiger charge is 2.29. The molecule has 0 saturated carbocycles. The molecule has 24 heavy (non-hydrogen) atoms. The predicted octanol–water partition coefficient (Wildman–Crippen LogP) is 2.08. The zero-order chi connectivity index (χ0) is 16.8. The number of amides is 1. The topological polar surface area (TPSA) is 67.6 Å². The monoisotopic (exact) mass is 329 g/mol. The number of nitrogens with zero attached hydrogens (tertiary/aromatic N) is 2. The average molecular weight is 329 g/mol. The van der Waals surface area contributed by atoms with E-state index in [2.05, 4.69) is 39.6 Å². The first-order chi connectivity index (χ1) is 11.8. The third-order valence-electron chi connectivity index (χ3n) is 4.30. The van der Waals surface area contributed by atoms with Crippen LogP contribution in [0, 0.1) is 0 Å². The number of aromatic nitrogens is 1. The molecule has 1 aromatic heterocycles. The molecule has 1 aromatic carbocycles. The van der Waals surface area contributed by atoms with Crippen molar-refractivity contribution in [2.24, 2.45) is 0 Å². The number of hydrogen-bond acceptors (Lipinski definition) is 5. The summed E-state index contributed by atoms with van der Waals surface area (Å²) < 4.78 is 10.6. The van der Waals surface area contributed by atoms with Crippen molar-refractivity contribution < 1.29 is 14.1 Å². The van der Waals surface area contributed by atoms with E-state index in [-0.39, 0.29) is 18.1 Å². The average Bonchev–Trinajstić information content (AvgIpc) is 3.15. The number of hydrogen-bond donors (Lipinski definition) is 1. The number of carbonyl (C=O) groups is 1.